The predicted molar refractivity (Wildman–Crippen MR) is 125 cm³/mol. The molecule has 0 spiro atoms. The van der Waals surface area contributed by atoms with Crippen molar-refractivity contribution in [1.82, 2.24) is 20.0 Å². The van der Waals surface area contributed by atoms with Gasteiger partial charge in [0.2, 0.25) is 5.91 Å². The maximum Gasteiger partial charge on any atom is 0.257 e. The fourth-order valence-corrected chi connectivity index (χ4v) is 3.37. The van der Waals surface area contributed by atoms with Crippen LogP contribution in [0.5, 0.6) is 0 Å². The summed E-state index contributed by atoms with van der Waals surface area (Å²) in [5.41, 5.74) is 2.83. The lowest BCUT2D eigenvalue weighted by atomic mass is 10.1. The van der Waals surface area contributed by atoms with Gasteiger partial charge in [-0.05, 0) is 24.1 Å². The van der Waals surface area contributed by atoms with Crippen LogP contribution in [-0.2, 0) is 16.1 Å². The highest BCUT2D eigenvalue weighted by molar-refractivity contribution is 6.30. The fraction of sp³-hybridized carbons (Fsp3) is 0.292. The molecular formula is C24H27ClN4O3. The number of ether oxygens (including phenoxy) is 1. The molecule has 0 aliphatic carbocycles. The molecule has 0 atom stereocenters. The zero-order valence-corrected chi connectivity index (χ0v) is 19.0. The van der Waals surface area contributed by atoms with Gasteiger partial charge in [-0.3, -0.25) is 14.3 Å². The lowest BCUT2D eigenvalue weighted by molar-refractivity contribution is -0.121. The topological polar surface area (TPSA) is 76.5 Å². The Morgan fingerprint density at radius 3 is 2.53 bits per heavy atom. The van der Waals surface area contributed by atoms with Crippen LogP contribution in [0.15, 0.2) is 60.8 Å². The van der Waals surface area contributed by atoms with Gasteiger partial charge < -0.3 is 15.0 Å². The Labute approximate surface area is 192 Å². The summed E-state index contributed by atoms with van der Waals surface area (Å²) in [5, 5.41) is 8.07. The number of rotatable bonds is 10. The molecule has 0 saturated heterocycles. The van der Waals surface area contributed by atoms with E-state index in [1.807, 2.05) is 42.5 Å². The molecule has 0 unspecified atom stereocenters. The molecule has 3 aromatic rings. The van der Waals surface area contributed by atoms with Crippen molar-refractivity contribution in [2.45, 2.75) is 13.0 Å². The van der Waals surface area contributed by atoms with Crippen LogP contribution < -0.4 is 5.32 Å². The van der Waals surface area contributed by atoms with Gasteiger partial charge in [0.25, 0.3) is 5.91 Å². The Morgan fingerprint density at radius 1 is 1.12 bits per heavy atom. The molecule has 3 rings (SSSR count). The molecule has 0 aliphatic heterocycles. The van der Waals surface area contributed by atoms with Crippen molar-refractivity contribution >= 4 is 23.4 Å². The largest absolute Gasteiger partial charge is 0.385 e. The van der Waals surface area contributed by atoms with Gasteiger partial charge >= 0.3 is 0 Å². The summed E-state index contributed by atoms with van der Waals surface area (Å²) in [5.74, 6) is -0.497. The number of nitrogens with one attached hydrogen (secondary N) is 1. The fourth-order valence-electron chi connectivity index (χ4n) is 3.24. The first kappa shape index (κ1) is 23.5. The van der Waals surface area contributed by atoms with E-state index in [4.69, 9.17) is 16.3 Å². The van der Waals surface area contributed by atoms with Gasteiger partial charge in [-0.15, -0.1) is 0 Å². The minimum atomic E-state index is -0.277. The molecule has 168 valence electrons. The molecule has 1 aromatic heterocycles. The van der Waals surface area contributed by atoms with Gasteiger partial charge in [-0.2, -0.15) is 5.10 Å². The predicted octanol–water partition coefficient (Wildman–Crippen LogP) is 3.48. The van der Waals surface area contributed by atoms with Crippen LogP contribution in [0, 0.1) is 0 Å². The number of carbonyl (C=O) groups excluding carboxylic acids is 2. The van der Waals surface area contributed by atoms with Crippen molar-refractivity contribution in [3.05, 3.63) is 76.9 Å². The van der Waals surface area contributed by atoms with Crippen LogP contribution in [0.2, 0.25) is 5.02 Å². The van der Waals surface area contributed by atoms with E-state index in [-0.39, 0.29) is 18.4 Å². The molecule has 0 aliphatic rings. The summed E-state index contributed by atoms with van der Waals surface area (Å²) in [7, 11) is 3.22. The summed E-state index contributed by atoms with van der Waals surface area (Å²) in [6.07, 6.45) is 2.44. The van der Waals surface area contributed by atoms with E-state index in [0.717, 1.165) is 11.1 Å². The Balaban J connectivity index is 1.80. The molecule has 8 heteroatoms. The second kappa shape index (κ2) is 11.5. The number of halogens is 1. The molecule has 2 aromatic carbocycles. The zero-order chi connectivity index (χ0) is 22.9. The molecule has 0 saturated carbocycles. The Morgan fingerprint density at radius 2 is 1.84 bits per heavy atom. The first-order chi connectivity index (χ1) is 15.5. The second-order valence-electron chi connectivity index (χ2n) is 7.44. The molecule has 0 bridgehead atoms. The lowest BCUT2D eigenvalue weighted by Gasteiger charge is -2.16. The van der Waals surface area contributed by atoms with Gasteiger partial charge in [0, 0.05) is 44.1 Å². The first-order valence-corrected chi connectivity index (χ1v) is 10.7. The maximum absolute atomic E-state index is 13.2. The maximum atomic E-state index is 13.2. The van der Waals surface area contributed by atoms with Crippen LogP contribution in [0.4, 0.5) is 0 Å². The Kier molecular flexibility index (Phi) is 8.41. The summed E-state index contributed by atoms with van der Waals surface area (Å²) in [4.78, 5) is 26.8. The lowest BCUT2D eigenvalue weighted by Crippen LogP contribution is -2.38. The van der Waals surface area contributed by atoms with Gasteiger partial charge in [0.1, 0.15) is 5.69 Å². The number of likely N-dealkylation sites (N-methyl/N-ethyl adjacent to an activating group) is 1. The van der Waals surface area contributed by atoms with Gasteiger partial charge in [-0.1, -0.05) is 54.1 Å². The Hall–Kier alpha value is -3.16. The summed E-state index contributed by atoms with van der Waals surface area (Å²) >= 11 is 6.03. The van der Waals surface area contributed by atoms with Crippen LogP contribution in [0.3, 0.4) is 0 Å². The van der Waals surface area contributed by atoms with Crippen molar-refractivity contribution in [1.29, 1.82) is 0 Å². The number of hydrogen-bond donors (Lipinski definition) is 1. The average molecular weight is 455 g/mol. The monoisotopic (exact) mass is 454 g/mol. The number of hydrogen-bond acceptors (Lipinski definition) is 4. The van der Waals surface area contributed by atoms with E-state index >= 15 is 0 Å². The number of benzene rings is 2. The normalized spacial score (nSPS) is 10.7. The van der Waals surface area contributed by atoms with Gasteiger partial charge in [0.15, 0.2) is 0 Å². The molecule has 0 radical (unpaired) electrons. The number of methoxy groups -OCH3 is 1. The third-order valence-electron chi connectivity index (χ3n) is 4.87. The first-order valence-electron chi connectivity index (χ1n) is 10.4. The highest BCUT2D eigenvalue weighted by atomic mass is 35.5. The van der Waals surface area contributed by atoms with Crippen LogP contribution in [0.25, 0.3) is 11.3 Å². The van der Waals surface area contributed by atoms with Crippen molar-refractivity contribution in [2.24, 2.45) is 0 Å². The van der Waals surface area contributed by atoms with E-state index in [2.05, 4.69) is 10.4 Å². The minimum absolute atomic E-state index is 0.0459. The van der Waals surface area contributed by atoms with Crippen molar-refractivity contribution in [3.63, 3.8) is 0 Å². The summed E-state index contributed by atoms with van der Waals surface area (Å²) in [6, 6.07) is 17.1. The number of nitrogens with zero attached hydrogens (tertiary/aromatic N) is 3. The number of amides is 2. The number of aromatic nitrogens is 2. The van der Waals surface area contributed by atoms with Gasteiger partial charge in [0.05, 0.1) is 18.7 Å². The molecule has 2 amide bonds. The van der Waals surface area contributed by atoms with Crippen LogP contribution in [0.1, 0.15) is 22.3 Å². The van der Waals surface area contributed by atoms with E-state index in [0.29, 0.717) is 42.4 Å². The molecule has 7 nitrogen and oxygen atoms in total. The third-order valence-corrected chi connectivity index (χ3v) is 5.12. The van der Waals surface area contributed by atoms with E-state index < -0.39 is 0 Å². The molecule has 1 heterocycles. The van der Waals surface area contributed by atoms with E-state index in [9.17, 15) is 9.59 Å². The smallest absolute Gasteiger partial charge is 0.257 e. The van der Waals surface area contributed by atoms with Crippen LogP contribution in [-0.4, -0.2) is 60.3 Å². The van der Waals surface area contributed by atoms with Crippen molar-refractivity contribution in [3.8, 4) is 11.3 Å². The molecule has 0 fully saturated rings. The molecule has 32 heavy (non-hydrogen) atoms. The summed E-state index contributed by atoms with van der Waals surface area (Å²) in [6.45, 7) is 1.55. The summed E-state index contributed by atoms with van der Waals surface area (Å²) < 4.78 is 6.72. The minimum Gasteiger partial charge on any atom is -0.385 e. The molecule has 1 N–H and O–H groups in total. The van der Waals surface area contributed by atoms with Crippen molar-refractivity contribution in [2.75, 3.05) is 33.9 Å². The SMILES string of the molecule is COCCCNC(=O)CN(C)C(=O)c1cn(Cc2ccccc2)nc1-c1ccc(Cl)cc1. The average Bonchev–Trinajstić information content (AvgIpc) is 3.21. The standard InChI is InChI=1S/C24H27ClN4O3/c1-28(17-22(30)26-13-6-14-32-2)24(31)21-16-29(15-18-7-4-3-5-8-18)27-23(21)19-9-11-20(25)12-10-19/h3-5,7-12,16H,6,13-15,17H2,1-2H3,(H,26,30). The highest BCUT2D eigenvalue weighted by Crippen LogP contribution is 2.25. The third kappa shape index (κ3) is 6.42. The van der Waals surface area contributed by atoms with E-state index in [1.54, 1.807) is 37.2 Å². The second-order valence-corrected chi connectivity index (χ2v) is 7.88. The van der Waals surface area contributed by atoms with Crippen LogP contribution >= 0.6 is 11.6 Å². The van der Waals surface area contributed by atoms with Crippen molar-refractivity contribution < 1.29 is 14.3 Å². The van der Waals surface area contributed by atoms with E-state index in [1.165, 1.54) is 4.90 Å². The number of carbonyl (C=O) groups is 2. The molecular weight excluding hydrogens is 428 g/mol. The highest BCUT2D eigenvalue weighted by Gasteiger charge is 2.22. The Bertz CT molecular complexity index is 1040. The quantitative estimate of drug-likeness (QED) is 0.476. The zero-order valence-electron chi connectivity index (χ0n) is 18.3. The van der Waals surface area contributed by atoms with Gasteiger partial charge in [-0.25, -0.2) is 0 Å².